The molecule has 0 bridgehead atoms. The van der Waals surface area contributed by atoms with E-state index < -0.39 is 0 Å². The smallest absolute Gasteiger partial charge is 0.249 e. The fourth-order valence-corrected chi connectivity index (χ4v) is 1.79. The molecule has 2 heterocycles. The SMILES string of the molecule is N#Cc1ccc(Nc2nncc(NCc3ccco3)n2)cc1. The van der Waals surface area contributed by atoms with Crippen LogP contribution < -0.4 is 10.6 Å². The first-order chi connectivity index (χ1) is 10.8. The molecule has 0 atom stereocenters. The second-order valence-electron chi connectivity index (χ2n) is 4.41. The Bertz CT molecular complexity index is 777. The number of benzene rings is 1. The lowest BCUT2D eigenvalue weighted by atomic mass is 10.2. The van der Waals surface area contributed by atoms with Crippen LogP contribution in [0.1, 0.15) is 11.3 Å². The van der Waals surface area contributed by atoms with Crippen LogP contribution >= 0.6 is 0 Å². The predicted molar refractivity (Wildman–Crippen MR) is 80.3 cm³/mol. The van der Waals surface area contributed by atoms with Gasteiger partial charge in [-0.3, -0.25) is 0 Å². The van der Waals surface area contributed by atoms with E-state index in [1.807, 2.05) is 12.1 Å². The lowest BCUT2D eigenvalue weighted by molar-refractivity contribution is 0.517. The number of furan rings is 1. The standard InChI is InChI=1S/C15H12N6O/c16-8-11-3-5-12(6-4-11)19-15-20-14(10-18-21-15)17-9-13-2-1-7-22-13/h1-7,10H,9H2,(H2,17,19,20,21). The summed E-state index contributed by atoms with van der Waals surface area (Å²) in [4.78, 5) is 4.31. The van der Waals surface area contributed by atoms with Crippen molar-refractivity contribution in [3.05, 3.63) is 60.2 Å². The van der Waals surface area contributed by atoms with E-state index in [1.165, 1.54) is 6.20 Å². The molecule has 0 amide bonds. The number of nitriles is 1. The largest absolute Gasteiger partial charge is 0.467 e. The molecule has 0 spiro atoms. The Hall–Kier alpha value is -3.40. The molecule has 0 aliphatic heterocycles. The molecule has 7 nitrogen and oxygen atoms in total. The molecule has 0 radical (unpaired) electrons. The van der Waals surface area contributed by atoms with Gasteiger partial charge in [-0.25, -0.2) is 0 Å². The molecule has 3 aromatic rings. The number of nitrogens with one attached hydrogen (secondary N) is 2. The number of hydrogen-bond donors (Lipinski definition) is 2. The lowest BCUT2D eigenvalue weighted by Gasteiger charge is -2.06. The molecule has 0 saturated heterocycles. The highest BCUT2D eigenvalue weighted by molar-refractivity contribution is 5.55. The Morgan fingerprint density at radius 1 is 1.18 bits per heavy atom. The van der Waals surface area contributed by atoms with Gasteiger partial charge < -0.3 is 15.1 Å². The van der Waals surface area contributed by atoms with E-state index in [4.69, 9.17) is 9.68 Å². The summed E-state index contributed by atoms with van der Waals surface area (Å²) in [7, 11) is 0. The van der Waals surface area contributed by atoms with Gasteiger partial charge in [0.1, 0.15) is 5.76 Å². The topological polar surface area (TPSA) is 99.7 Å². The van der Waals surface area contributed by atoms with Gasteiger partial charge in [0.05, 0.1) is 30.6 Å². The normalized spacial score (nSPS) is 9.95. The molecule has 22 heavy (non-hydrogen) atoms. The van der Waals surface area contributed by atoms with Crippen LogP contribution in [0.4, 0.5) is 17.5 Å². The van der Waals surface area contributed by atoms with E-state index in [0.29, 0.717) is 23.9 Å². The molecule has 0 saturated carbocycles. The Balaban J connectivity index is 1.66. The average molecular weight is 292 g/mol. The van der Waals surface area contributed by atoms with E-state index in [-0.39, 0.29) is 0 Å². The Labute approximate surface area is 126 Å². The van der Waals surface area contributed by atoms with Gasteiger partial charge in [0.15, 0.2) is 5.82 Å². The van der Waals surface area contributed by atoms with Gasteiger partial charge in [0.2, 0.25) is 5.95 Å². The van der Waals surface area contributed by atoms with E-state index in [9.17, 15) is 0 Å². The van der Waals surface area contributed by atoms with Crippen LogP contribution in [-0.4, -0.2) is 15.2 Å². The second-order valence-corrected chi connectivity index (χ2v) is 4.41. The maximum atomic E-state index is 8.77. The summed E-state index contributed by atoms with van der Waals surface area (Å²) < 4.78 is 5.23. The van der Waals surface area contributed by atoms with Gasteiger partial charge in [-0.1, -0.05) is 0 Å². The van der Waals surface area contributed by atoms with Crippen molar-refractivity contribution >= 4 is 17.5 Å². The predicted octanol–water partition coefficient (Wildman–Crippen LogP) is 2.69. The number of nitrogens with zero attached hydrogens (tertiary/aromatic N) is 4. The molecule has 3 rings (SSSR count). The van der Waals surface area contributed by atoms with Crippen LogP contribution in [0.5, 0.6) is 0 Å². The molecule has 108 valence electrons. The fourth-order valence-electron chi connectivity index (χ4n) is 1.79. The van der Waals surface area contributed by atoms with Crippen molar-refractivity contribution in [1.82, 2.24) is 15.2 Å². The monoisotopic (exact) mass is 292 g/mol. The molecule has 0 unspecified atom stereocenters. The molecule has 7 heteroatoms. The number of rotatable bonds is 5. The van der Waals surface area contributed by atoms with Crippen LogP contribution in [0.15, 0.2) is 53.3 Å². The fraction of sp³-hybridized carbons (Fsp3) is 0.0667. The number of hydrogen-bond acceptors (Lipinski definition) is 7. The first-order valence-corrected chi connectivity index (χ1v) is 6.56. The summed E-state index contributed by atoms with van der Waals surface area (Å²) in [6.45, 7) is 0.516. The van der Waals surface area contributed by atoms with Crippen LogP contribution in [0.3, 0.4) is 0 Å². The second kappa shape index (κ2) is 6.37. The maximum absolute atomic E-state index is 8.77. The zero-order valence-corrected chi connectivity index (χ0v) is 11.5. The highest BCUT2D eigenvalue weighted by atomic mass is 16.3. The van der Waals surface area contributed by atoms with Crippen LogP contribution in [0.25, 0.3) is 0 Å². The highest BCUT2D eigenvalue weighted by Gasteiger charge is 2.02. The third-order valence-electron chi connectivity index (χ3n) is 2.85. The zero-order chi connectivity index (χ0) is 15.2. The van der Waals surface area contributed by atoms with Crippen molar-refractivity contribution < 1.29 is 4.42 Å². The minimum atomic E-state index is 0.370. The Morgan fingerprint density at radius 3 is 2.77 bits per heavy atom. The molecule has 2 aromatic heterocycles. The van der Waals surface area contributed by atoms with Gasteiger partial charge in [-0.15, -0.1) is 5.10 Å². The highest BCUT2D eigenvalue weighted by Crippen LogP contribution is 2.14. The van der Waals surface area contributed by atoms with Crippen molar-refractivity contribution in [2.24, 2.45) is 0 Å². The molecule has 0 aliphatic rings. The maximum Gasteiger partial charge on any atom is 0.249 e. The lowest BCUT2D eigenvalue weighted by Crippen LogP contribution is -2.05. The van der Waals surface area contributed by atoms with Crippen molar-refractivity contribution in [3.63, 3.8) is 0 Å². The summed E-state index contributed by atoms with van der Waals surface area (Å²) >= 11 is 0. The molecular weight excluding hydrogens is 280 g/mol. The van der Waals surface area contributed by atoms with Gasteiger partial charge in [0, 0.05) is 5.69 Å². The van der Waals surface area contributed by atoms with Crippen LogP contribution in [-0.2, 0) is 6.54 Å². The molecular formula is C15H12N6O. The van der Waals surface area contributed by atoms with Gasteiger partial charge in [-0.2, -0.15) is 15.3 Å². The molecule has 0 aliphatic carbocycles. The molecule has 0 fully saturated rings. The summed E-state index contributed by atoms with van der Waals surface area (Å²) in [5.74, 6) is 1.76. The number of anilines is 3. The van der Waals surface area contributed by atoms with Crippen molar-refractivity contribution in [1.29, 1.82) is 5.26 Å². The first kappa shape index (κ1) is 13.6. The van der Waals surface area contributed by atoms with E-state index in [1.54, 1.807) is 30.5 Å². The third kappa shape index (κ3) is 3.37. The van der Waals surface area contributed by atoms with Crippen molar-refractivity contribution in [3.8, 4) is 6.07 Å². The number of aromatic nitrogens is 3. The van der Waals surface area contributed by atoms with Crippen LogP contribution in [0, 0.1) is 11.3 Å². The minimum absolute atomic E-state index is 0.370. The summed E-state index contributed by atoms with van der Waals surface area (Å²) in [5, 5.41) is 22.7. The van der Waals surface area contributed by atoms with E-state index in [2.05, 4.69) is 31.9 Å². The van der Waals surface area contributed by atoms with Crippen LogP contribution in [0.2, 0.25) is 0 Å². The quantitative estimate of drug-likeness (QED) is 0.745. The third-order valence-corrected chi connectivity index (χ3v) is 2.85. The zero-order valence-electron chi connectivity index (χ0n) is 11.5. The average Bonchev–Trinajstić information content (AvgIpc) is 3.08. The Kier molecular flexibility index (Phi) is 3.93. The summed E-state index contributed by atoms with van der Waals surface area (Å²) in [5.41, 5.74) is 1.38. The molecule has 1 aromatic carbocycles. The van der Waals surface area contributed by atoms with E-state index in [0.717, 1.165) is 11.4 Å². The summed E-state index contributed by atoms with van der Waals surface area (Å²) in [6, 6.07) is 12.8. The van der Waals surface area contributed by atoms with E-state index >= 15 is 0 Å². The first-order valence-electron chi connectivity index (χ1n) is 6.56. The van der Waals surface area contributed by atoms with Crippen molar-refractivity contribution in [2.45, 2.75) is 6.54 Å². The van der Waals surface area contributed by atoms with Gasteiger partial charge >= 0.3 is 0 Å². The minimum Gasteiger partial charge on any atom is -0.467 e. The van der Waals surface area contributed by atoms with Gasteiger partial charge in [0.25, 0.3) is 0 Å². The molecule has 2 N–H and O–H groups in total. The van der Waals surface area contributed by atoms with Gasteiger partial charge in [-0.05, 0) is 36.4 Å². The Morgan fingerprint density at radius 2 is 2.05 bits per heavy atom. The summed E-state index contributed by atoms with van der Waals surface area (Å²) in [6.07, 6.45) is 3.15. The van der Waals surface area contributed by atoms with Crippen molar-refractivity contribution in [2.75, 3.05) is 10.6 Å².